The maximum Gasteiger partial charge on any atom is 0.248 e. The third-order valence-electron chi connectivity index (χ3n) is 3.20. The highest BCUT2D eigenvalue weighted by Crippen LogP contribution is 2.25. The zero-order valence-corrected chi connectivity index (χ0v) is 13.9. The van der Waals surface area contributed by atoms with Gasteiger partial charge in [0.05, 0.1) is 17.3 Å². The second kappa shape index (κ2) is 8.29. The fraction of sp³-hybridized carbons (Fsp3) is 0.111. The molecule has 2 amide bonds. The number of carbonyl (C=O) groups is 2. The average molecular weight is 344 g/mol. The standard InChI is InChI=1S/C18H18ClN3O2/c1-12-2-4-13(5-3-12)6-9-17(23)21-14-7-8-15(19)16(10-14)22-18(24)11-20/h2-10H,11,20H2,1H3,(H,21,23)(H,22,24)/b9-6+. The van der Waals surface area contributed by atoms with Gasteiger partial charge in [-0.05, 0) is 36.8 Å². The molecule has 5 nitrogen and oxygen atoms in total. The Morgan fingerprint density at radius 3 is 2.50 bits per heavy atom. The largest absolute Gasteiger partial charge is 0.324 e. The summed E-state index contributed by atoms with van der Waals surface area (Å²) in [6, 6.07) is 12.6. The third-order valence-corrected chi connectivity index (χ3v) is 3.53. The van der Waals surface area contributed by atoms with Crippen molar-refractivity contribution in [2.24, 2.45) is 5.73 Å². The van der Waals surface area contributed by atoms with E-state index in [1.807, 2.05) is 31.2 Å². The molecule has 0 aliphatic rings. The van der Waals surface area contributed by atoms with Crippen LogP contribution in [0.2, 0.25) is 5.02 Å². The van der Waals surface area contributed by atoms with Gasteiger partial charge in [-0.2, -0.15) is 0 Å². The number of halogens is 1. The summed E-state index contributed by atoms with van der Waals surface area (Å²) >= 11 is 6.01. The lowest BCUT2D eigenvalue weighted by Gasteiger charge is -2.09. The molecule has 0 unspecified atom stereocenters. The average Bonchev–Trinajstić information content (AvgIpc) is 2.57. The summed E-state index contributed by atoms with van der Waals surface area (Å²) in [5.74, 6) is -0.645. The molecular weight excluding hydrogens is 326 g/mol. The van der Waals surface area contributed by atoms with Crippen LogP contribution in [-0.4, -0.2) is 18.4 Å². The number of nitrogens with one attached hydrogen (secondary N) is 2. The third kappa shape index (κ3) is 5.22. The first kappa shape index (κ1) is 17.7. The number of benzene rings is 2. The molecule has 2 rings (SSSR count). The number of rotatable bonds is 5. The first-order chi connectivity index (χ1) is 11.5. The molecule has 0 aliphatic carbocycles. The molecule has 0 fully saturated rings. The number of anilines is 2. The van der Waals surface area contributed by atoms with Gasteiger partial charge in [0.25, 0.3) is 0 Å². The van der Waals surface area contributed by atoms with Crippen LogP contribution < -0.4 is 16.4 Å². The summed E-state index contributed by atoms with van der Waals surface area (Å²) in [6.45, 7) is 1.86. The Morgan fingerprint density at radius 1 is 1.12 bits per heavy atom. The van der Waals surface area contributed by atoms with Gasteiger partial charge in [-0.3, -0.25) is 9.59 Å². The van der Waals surface area contributed by atoms with E-state index in [1.54, 1.807) is 24.3 Å². The summed E-state index contributed by atoms with van der Waals surface area (Å²) in [5.41, 5.74) is 8.26. The van der Waals surface area contributed by atoms with Gasteiger partial charge in [0, 0.05) is 11.8 Å². The zero-order chi connectivity index (χ0) is 17.5. The van der Waals surface area contributed by atoms with Gasteiger partial charge in [-0.15, -0.1) is 0 Å². The second-order valence-corrected chi connectivity index (χ2v) is 5.59. The van der Waals surface area contributed by atoms with Crippen molar-refractivity contribution in [1.29, 1.82) is 0 Å². The molecule has 0 aromatic heterocycles. The lowest BCUT2D eigenvalue weighted by Crippen LogP contribution is -2.22. The molecule has 0 saturated carbocycles. The van der Waals surface area contributed by atoms with Crippen LogP contribution in [0.3, 0.4) is 0 Å². The summed E-state index contributed by atoms with van der Waals surface area (Å²) in [5, 5.41) is 5.65. The van der Waals surface area contributed by atoms with E-state index in [-0.39, 0.29) is 18.4 Å². The predicted molar refractivity (Wildman–Crippen MR) is 98.0 cm³/mol. The van der Waals surface area contributed by atoms with Gasteiger partial charge in [0.15, 0.2) is 0 Å². The number of carbonyl (C=O) groups excluding carboxylic acids is 2. The minimum Gasteiger partial charge on any atom is -0.324 e. The number of hydrogen-bond acceptors (Lipinski definition) is 3. The quantitative estimate of drug-likeness (QED) is 0.729. The van der Waals surface area contributed by atoms with Crippen LogP contribution in [0.25, 0.3) is 6.08 Å². The smallest absolute Gasteiger partial charge is 0.248 e. The Balaban J connectivity index is 2.04. The lowest BCUT2D eigenvalue weighted by molar-refractivity contribution is -0.115. The summed E-state index contributed by atoms with van der Waals surface area (Å²) < 4.78 is 0. The fourth-order valence-electron chi connectivity index (χ4n) is 1.93. The van der Waals surface area contributed by atoms with Crippen LogP contribution in [0.5, 0.6) is 0 Å². The molecule has 24 heavy (non-hydrogen) atoms. The van der Waals surface area contributed by atoms with Crippen molar-refractivity contribution in [3.05, 3.63) is 64.7 Å². The number of nitrogens with two attached hydrogens (primary N) is 1. The van der Waals surface area contributed by atoms with Crippen molar-refractivity contribution >= 4 is 40.9 Å². The second-order valence-electron chi connectivity index (χ2n) is 5.18. The Morgan fingerprint density at radius 2 is 1.83 bits per heavy atom. The molecule has 0 saturated heterocycles. The highest BCUT2D eigenvalue weighted by atomic mass is 35.5. The number of hydrogen-bond donors (Lipinski definition) is 3. The number of amides is 2. The Kier molecular flexibility index (Phi) is 6.12. The van der Waals surface area contributed by atoms with Crippen LogP contribution in [0.4, 0.5) is 11.4 Å². The van der Waals surface area contributed by atoms with E-state index in [1.165, 1.54) is 6.08 Å². The molecule has 0 heterocycles. The number of aryl methyl sites for hydroxylation is 1. The van der Waals surface area contributed by atoms with Crippen molar-refractivity contribution in [3.8, 4) is 0 Å². The molecule has 0 atom stereocenters. The molecule has 0 spiro atoms. The summed E-state index contributed by atoms with van der Waals surface area (Å²) in [4.78, 5) is 23.3. The molecule has 2 aromatic rings. The van der Waals surface area contributed by atoms with E-state index in [0.29, 0.717) is 16.4 Å². The maximum absolute atomic E-state index is 12.0. The van der Waals surface area contributed by atoms with Gasteiger partial charge in [0.1, 0.15) is 0 Å². The molecule has 0 radical (unpaired) electrons. The van der Waals surface area contributed by atoms with Crippen molar-refractivity contribution in [2.45, 2.75) is 6.92 Å². The zero-order valence-electron chi connectivity index (χ0n) is 13.2. The molecule has 6 heteroatoms. The van der Waals surface area contributed by atoms with E-state index in [2.05, 4.69) is 10.6 Å². The van der Waals surface area contributed by atoms with Crippen molar-refractivity contribution in [1.82, 2.24) is 0 Å². The van der Waals surface area contributed by atoms with E-state index in [4.69, 9.17) is 17.3 Å². The first-order valence-electron chi connectivity index (χ1n) is 7.33. The van der Waals surface area contributed by atoms with Crippen LogP contribution in [-0.2, 0) is 9.59 Å². The minimum absolute atomic E-state index is 0.147. The van der Waals surface area contributed by atoms with Crippen molar-refractivity contribution in [2.75, 3.05) is 17.2 Å². The van der Waals surface area contributed by atoms with Gasteiger partial charge in [-0.1, -0.05) is 41.4 Å². The van der Waals surface area contributed by atoms with E-state index in [0.717, 1.165) is 11.1 Å². The van der Waals surface area contributed by atoms with Crippen LogP contribution in [0.1, 0.15) is 11.1 Å². The van der Waals surface area contributed by atoms with Gasteiger partial charge < -0.3 is 16.4 Å². The van der Waals surface area contributed by atoms with Crippen LogP contribution >= 0.6 is 11.6 Å². The monoisotopic (exact) mass is 343 g/mol. The predicted octanol–water partition coefficient (Wildman–Crippen LogP) is 3.20. The van der Waals surface area contributed by atoms with Crippen LogP contribution in [0, 0.1) is 6.92 Å². The normalized spacial score (nSPS) is 10.6. The molecule has 4 N–H and O–H groups in total. The van der Waals surface area contributed by atoms with Crippen molar-refractivity contribution in [3.63, 3.8) is 0 Å². The summed E-state index contributed by atoms with van der Waals surface area (Å²) in [6.07, 6.45) is 3.17. The van der Waals surface area contributed by atoms with Gasteiger partial charge >= 0.3 is 0 Å². The first-order valence-corrected chi connectivity index (χ1v) is 7.71. The molecule has 124 valence electrons. The fourth-order valence-corrected chi connectivity index (χ4v) is 2.10. The highest BCUT2D eigenvalue weighted by Gasteiger charge is 2.06. The Labute approximate surface area is 145 Å². The molecule has 0 bridgehead atoms. The molecule has 0 aliphatic heterocycles. The highest BCUT2D eigenvalue weighted by molar-refractivity contribution is 6.33. The molecule has 2 aromatic carbocycles. The summed E-state index contributed by atoms with van der Waals surface area (Å²) in [7, 11) is 0. The molecular formula is C18H18ClN3O2. The topological polar surface area (TPSA) is 84.2 Å². The van der Waals surface area contributed by atoms with Crippen molar-refractivity contribution < 1.29 is 9.59 Å². The van der Waals surface area contributed by atoms with Gasteiger partial charge in [0.2, 0.25) is 11.8 Å². The van der Waals surface area contributed by atoms with E-state index >= 15 is 0 Å². The van der Waals surface area contributed by atoms with E-state index < -0.39 is 0 Å². The van der Waals surface area contributed by atoms with Gasteiger partial charge in [-0.25, -0.2) is 0 Å². The van der Waals surface area contributed by atoms with Crippen LogP contribution in [0.15, 0.2) is 48.5 Å². The maximum atomic E-state index is 12.0. The Bertz CT molecular complexity index is 770. The Hall–Kier alpha value is -2.63. The lowest BCUT2D eigenvalue weighted by atomic mass is 10.1. The van der Waals surface area contributed by atoms with E-state index in [9.17, 15) is 9.59 Å². The minimum atomic E-state index is -0.361. The SMILES string of the molecule is Cc1ccc(/C=C/C(=O)Nc2ccc(Cl)c(NC(=O)CN)c2)cc1.